The van der Waals surface area contributed by atoms with E-state index in [1.165, 1.54) is 18.5 Å². The molecule has 0 saturated carbocycles. The third-order valence-corrected chi connectivity index (χ3v) is 4.32. The number of ether oxygens (including phenoxy) is 1. The zero-order valence-electron chi connectivity index (χ0n) is 16.3. The van der Waals surface area contributed by atoms with Crippen molar-refractivity contribution in [3.8, 4) is 0 Å². The number of anilines is 1. The molecule has 1 unspecified atom stereocenters. The molecule has 0 bridgehead atoms. The molecule has 3 N–H and O–H groups in total. The maximum atomic E-state index is 13.3. The number of imidazole rings is 1. The summed E-state index contributed by atoms with van der Waals surface area (Å²) in [4.78, 5) is 27.8. The van der Waals surface area contributed by atoms with Gasteiger partial charge in [-0.25, -0.2) is 24.1 Å². The average molecular weight is 465 g/mol. The second-order valence-electron chi connectivity index (χ2n) is 7.41. The maximum absolute atomic E-state index is 13.3. The molecule has 8 nitrogen and oxygen atoms in total. The Hall–Kier alpha value is -2.75. The van der Waals surface area contributed by atoms with Crippen LogP contribution in [0, 0.1) is 5.82 Å². The number of aromatic amines is 1. The van der Waals surface area contributed by atoms with E-state index in [2.05, 4.69) is 46.5 Å². The fourth-order valence-electron chi connectivity index (χ4n) is 2.74. The summed E-state index contributed by atoms with van der Waals surface area (Å²) in [7, 11) is 0. The number of nitrogens with one attached hydrogen (secondary N) is 3. The van der Waals surface area contributed by atoms with Crippen LogP contribution in [0.4, 0.5) is 15.0 Å². The molecule has 154 valence electrons. The van der Waals surface area contributed by atoms with Crippen molar-refractivity contribution < 1.29 is 13.9 Å². The number of hydrogen-bond acceptors (Lipinski definition) is 6. The van der Waals surface area contributed by atoms with Crippen molar-refractivity contribution in [2.45, 2.75) is 38.8 Å². The second-order valence-corrected chi connectivity index (χ2v) is 8.17. The standard InChI is InChI=1S/C19H22BrFN6O2/c1-19(2,3)29-18(28)25-13(11-4-6-12(21)7-5-11)8-9-22-15-14-16(24-10-23-15)27-17(20)26-14/h4-7,10,13H,8-9H2,1-3H3,(H,25,28)(H2,22,23,24,26,27). The molecule has 0 aliphatic carbocycles. The van der Waals surface area contributed by atoms with Gasteiger partial charge in [0.05, 0.1) is 6.04 Å². The predicted octanol–water partition coefficient (Wildman–Crippen LogP) is 4.32. The van der Waals surface area contributed by atoms with Crippen molar-refractivity contribution >= 4 is 39.0 Å². The van der Waals surface area contributed by atoms with Gasteiger partial charge >= 0.3 is 6.09 Å². The number of carbonyl (C=O) groups excluding carboxylic acids is 1. The summed E-state index contributed by atoms with van der Waals surface area (Å²) in [5.74, 6) is 0.263. The Morgan fingerprint density at radius 2 is 2.00 bits per heavy atom. The van der Waals surface area contributed by atoms with E-state index in [1.807, 2.05) is 0 Å². The molecular formula is C19H22BrFN6O2. The van der Waals surface area contributed by atoms with E-state index in [4.69, 9.17) is 4.74 Å². The minimum atomic E-state index is -0.615. The lowest BCUT2D eigenvalue weighted by atomic mass is 10.0. The van der Waals surface area contributed by atoms with Crippen LogP contribution in [-0.2, 0) is 4.74 Å². The largest absolute Gasteiger partial charge is 0.444 e. The SMILES string of the molecule is CC(C)(C)OC(=O)NC(CCNc1ncnc2nc(Br)[nH]c12)c1ccc(F)cc1. The van der Waals surface area contributed by atoms with E-state index in [0.717, 1.165) is 5.56 Å². The number of aromatic nitrogens is 4. The first-order valence-corrected chi connectivity index (χ1v) is 9.85. The third-order valence-electron chi connectivity index (χ3n) is 3.95. The molecule has 1 amide bonds. The van der Waals surface area contributed by atoms with Gasteiger partial charge in [0.2, 0.25) is 0 Å². The van der Waals surface area contributed by atoms with Crippen LogP contribution < -0.4 is 10.6 Å². The number of nitrogens with zero attached hydrogens (tertiary/aromatic N) is 3. The van der Waals surface area contributed by atoms with Crippen molar-refractivity contribution in [3.63, 3.8) is 0 Å². The van der Waals surface area contributed by atoms with Crippen LogP contribution in [0.2, 0.25) is 0 Å². The molecule has 10 heteroatoms. The molecule has 0 aliphatic rings. The average Bonchev–Trinajstić information content (AvgIpc) is 3.01. The van der Waals surface area contributed by atoms with Crippen LogP contribution in [0.1, 0.15) is 38.8 Å². The number of halogens is 2. The summed E-state index contributed by atoms with van der Waals surface area (Å²) in [6, 6.07) is 5.65. The number of alkyl carbamates (subject to hydrolysis) is 1. The Morgan fingerprint density at radius 1 is 1.28 bits per heavy atom. The molecule has 0 fully saturated rings. The molecule has 1 atom stereocenters. The van der Waals surface area contributed by atoms with Crippen molar-refractivity contribution in [1.82, 2.24) is 25.3 Å². The lowest BCUT2D eigenvalue weighted by molar-refractivity contribution is 0.0502. The highest BCUT2D eigenvalue weighted by Gasteiger charge is 2.21. The Kier molecular flexibility index (Phi) is 6.31. The van der Waals surface area contributed by atoms with E-state index in [-0.39, 0.29) is 11.9 Å². The van der Waals surface area contributed by atoms with Crippen molar-refractivity contribution in [1.29, 1.82) is 0 Å². The summed E-state index contributed by atoms with van der Waals surface area (Å²) in [6.45, 7) is 5.87. The van der Waals surface area contributed by atoms with Crippen LogP contribution >= 0.6 is 15.9 Å². The lowest BCUT2D eigenvalue weighted by Crippen LogP contribution is -2.35. The summed E-state index contributed by atoms with van der Waals surface area (Å²) in [5.41, 5.74) is 1.38. The summed E-state index contributed by atoms with van der Waals surface area (Å²) >= 11 is 3.28. The zero-order chi connectivity index (χ0) is 21.0. The number of amides is 1. The molecule has 0 spiro atoms. The Morgan fingerprint density at radius 3 is 2.69 bits per heavy atom. The minimum absolute atomic E-state index is 0.337. The molecule has 3 rings (SSSR count). The molecule has 29 heavy (non-hydrogen) atoms. The van der Waals surface area contributed by atoms with Crippen molar-refractivity contribution in [2.75, 3.05) is 11.9 Å². The molecule has 0 saturated heterocycles. The first-order valence-electron chi connectivity index (χ1n) is 9.06. The number of fused-ring (bicyclic) bond motifs is 1. The van der Waals surface area contributed by atoms with Crippen LogP contribution in [-0.4, -0.2) is 38.2 Å². The number of rotatable bonds is 6. The number of carbonyl (C=O) groups is 1. The van der Waals surface area contributed by atoms with Gasteiger partial charge in [0.15, 0.2) is 16.2 Å². The predicted molar refractivity (Wildman–Crippen MR) is 111 cm³/mol. The van der Waals surface area contributed by atoms with E-state index in [1.54, 1.807) is 32.9 Å². The van der Waals surface area contributed by atoms with Crippen molar-refractivity contribution in [2.24, 2.45) is 0 Å². The van der Waals surface area contributed by atoms with E-state index in [9.17, 15) is 9.18 Å². The quantitative estimate of drug-likeness (QED) is 0.469. The highest BCUT2D eigenvalue weighted by atomic mass is 79.9. The first-order chi connectivity index (χ1) is 13.7. The lowest BCUT2D eigenvalue weighted by Gasteiger charge is -2.24. The molecule has 2 heterocycles. The fraction of sp³-hybridized carbons (Fsp3) is 0.368. The molecule has 1 aromatic carbocycles. The zero-order valence-corrected chi connectivity index (χ0v) is 17.9. The van der Waals surface area contributed by atoms with Crippen LogP contribution in [0.3, 0.4) is 0 Å². The molecule has 2 aromatic heterocycles. The van der Waals surface area contributed by atoms with E-state index in [0.29, 0.717) is 34.7 Å². The Bertz CT molecular complexity index is 987. The van der Waals surface area contributed by atoms with Crippen LogP contribution in [0.5, 0.6) is 0 Å². The van der Waals surface area contributed by atoms with Gasteiger partial charge < -0.3 is 20.4 Å². The fourth-order valence-corrected chi connectivity index (χ4v) is 3.10. The van der Waals surface area contributed by atoms with Crippen molar-refractivity contribution in [3.05, 3.63) is 46.7 Å². The number of hydrogen-bond donors (Lipinski definition) is 3. The third kappa shape index (κ3) is 5.86. The van der Waals surface area contributed by atoms with Gasteiger partial charge in [0, 0.05) is 6.54 Å². The van der Waals surface area contributed by atoms with Crippen LogP contribution in [0.15, 0.2) is 35.3 Å². The summed E-state index contributed by atoms with van der Waals surface area (Å²) < 4.78 is 19.2. The van der Waals surface area contributed by atoms with Gasteiger partial charge in [-0.3, -0.25) is 0 Å². The monoisotopic (exact) mass is 464 g/mol. The van der Waals surface area contributed by atoms with Gasteiger partial charge in [-0.15, -0.1) is 0 Å². The van der Waals surface area contributed by atoms with Gasteiger partial charge in [0.1, 0.15) is 23.3 Å². The molecule has 0 radical (unpaired) electrons. The highest BCUT2D eigenvalue weighted by Crippen LogP contribution is 2.21. The number of H-pyrrole nitrogens is 1. The van der Waals surface area contributed by atoms with Gasteiger partial charge in [-0.1, -0.05) is 12.1 Å². The maximum Gasteiger partial charge on any atom is 0.408 e. The van der Waals surface area contributed by atoms with E-state index < -0.39 is 11.7 Å². The smallest absolute Gasteiger partial charge is 0.408 e. The van der Waals surface area contributed by atoms with Gasteiger partial charge in [-0.05, 0) is 60.8 Å². The van der Waals surface area contributed by atoms with Gasteiger partial charge in [0.25, 0.3) is 0 Å². The topological polar surface area (TPSA) is 105 Å². The Labute approximate surface area is 175 Å². The molecule has 3 aromatic rings. The first kappa shape index (κ1) is 21.0. The normalized spacial score (nSPS) is 12.6. The summed E-state index contributed by atoms with van der Waals surface area (Å²) in [6.07, 6.45) is 1.41. The van der Waals surface area contributed by atoms with E-state index >= 15 is 0 Å². The molecular weight excluding hydrogens is 443 g/mol. The number of benzene rings is 1. The Balaban J connectivity index is 1.70. The van der Waals surface area contributed by atoms with Crippen LogP contribution in [0.25, 0.3) is 11.2 Å². The second kappa shape index (κ2) is 8.73. The minimum Gasteiger partial charge on any atom is -0.444 e. The highest BCUT2D eigenvalue weighted by molar-refractivity contribution is 9.10. The van der Waals surface area contributed by atoms with Gasteiger partial charge in [-0.2, -0.15) is 0 Å². The summed E-state index contributed by atoms with van der Waals surface area (Å²) in [5, 5.41) is 6.08. The molecule has 0 aliphatic heterocycles.